The lowest BCUT2D eigenvalue weighted by Crippen LogP contribution is -2.39. The number of hydrogen-bond donors (Lipinski definition) is 2. The predicted molar refractivity (Wildman–Crippen MR) is 69.2 cm³/mol. The first kappa shape index (κ1) is 13.6. The third-order valence-corrected chi connectivity index (χ3v) is 3.29. The van der Waals surface area contributed by atoms with Crippen LogP contribution in [0.2, 0.25) is 0 Å². The summed E-state index contributed by atoms with van der Waals surface area (Å²) < 4.78 is 0.841. The van der Waals surface area contributed by atoms with Crippen molar-refractivity contribution in [2.45, 2.75) is 38.8 Å². The van der Waals surface area contributed by atoms with Crippen molar-refractivity contribution in [3.8, 4) is 0 Å². The zero-order valence-electron chi connectivity index (χ0n) is 9.83. The quantitative estimate of drug-likeness (QED) is 0.790. The fourth-order valence-corrected chi connectivity index (χ4v) is 1.85. The zero-order valence-corrected chi connectivity index (χ0v) is 11.4. The van der Waals surface area contributed by atoms with Crippen molar-refractivity contribution in [3.63, 3.8) is 0 Å². The monoisotopic (exact) mass is 286 g/mol. The zero-order chi connectivity index (χ0) is 12.0. The Labute approximate surface area is 105 Å². The lowest BCUT2D eigenvalue weighted by molar-refractivity contribution is 0.0322. The number of rotatable bonds is 6. The van der Waals surface area contributed by atoms with Crippen molar-refractivity contribution >= 4 is 15.9 Å². The second-order valence-corrected chi connectivity index (χ2v) is 4.80. The van der Waals surface area contributed by atoms with Gasteiger partial charge < -0.3 is 10.4 Å². The minimum Gasteiger partial charge on any atom is -0.389 e. The van der Waals surface area contributed by atoms with Gasteiger partial charge in [0, 0.05) is 13.1 Å². The fraction of sp³-hybridized carbons (Fsp3) is 0.583. The molecule has 1 aromatic heterocycles. The maximum absolute atomic E-state index is 10.1. The summed E-state index contributed by atoms with van der Waals surface area (Å²) in [5.41, 5.74) is 0.385. The molecule has 0 fully saturated rings. The average molecular weight is 287 g/mol. The summed E-state index contributed by atoms with van der Waals surface area (Å²) >= 11 is 3.33. The van der Waals surface area contributed by atoms with E-state index in [4.69, 9.17) is 0 Å². The van der Waals surface area contributed by atoms with E-state index < -0.39 is 5.60 Å². The second kappa shape index (κ2) is 6.33. The molecule has 1 aromatic rings. The molecule has 0 unspecified atom stereocenters. The van der Waals surface area contributed by atoms with Crippen LogP contribution >= 0.6 is 15.9 Å². The van der Waals surface area contributed by atoms with Crippen LogP contribution in [0, 0.1) is 0 Å². The summed E-state index contributed by atoms with van der Waals surface area (Å²) in [6.45, 7) is 5.29. The highest BCUT2D eigenvalue weighted by Crippen LogP contribution is 2.13. The Morgan fingerprint density at radius 3 is 2.62 bits per heavy atom. The molecule has 0 spiro atoms. The van der Waals surface area contributed by atoms with Crippen LogP contribution in [0.3, 0.4) is 0 Å². The van der Waals surface area contributed by atoms with Gasteiger partial charge in [-0.1, -0.05) is 19.9 Å². The summed E-state index contributed by atoms with van der Waals surface area (Å²) in [6.07, 6.45) is 1.53. The van der Waals surface area contributed by atoms with Gasteiger partial charge >= 0.3 is 0 Å². The average Bonchev–Trinajstić information content (AvgIpc) is 2.29. The maximum Gasteiger partial charge on any atom is 0.106 e. The van der Waals surface area contributed by atoms with Crippen LogP contribution in [0.25, 0.3) is 0 Å². The van der Waals surface area contributed by atoms with Gasteiger partial charge in [0.2, 0.25) is 0 Å². The molecule has 0 bridgehead atoms. The highest BCUT2D eigenvalue weighted by molar-refractivity contribution is 9.10. The SMILES string of the molecule is CCC(O)(CC)CNCc1cccc(Br)n1. The molecule has 1 heterocycles. The molecular weight excluding hydrogens is 268 g/mol. The highest BCUT2D eigenvalue weighted by Gasteiger charge is 2.21. The molecule has 0 atom stereocenters. The van der Waals surface area contributed by atoms with Crippen LogP contribution in [0.1, 0.15) is 32.4 Å². The van der Waals surface area contributed by atoms with E-state index in [9.17, 15) is 5.11 Å². The number of pyridine rings is 1. The largest absolute Gasteiger partial charge is 0.389 e. The Bertz CT molecular complexity index is 327. The first-order valence-electron chi connectivity index (χ1n) is 5.64. The topological polar surface area (TPSA) is 45.1 Å². The van der Waals surface area contributed by atoms with E-state index in [2.05, 4.69) is 26.2 Å². The minimum absolute atomic E-state index is 0.591. The number of nitrogens with zero attached hydrogens (tertiary/aromatic N) is 1. The maximum atomic E-state index is 10.1. The van der Waals surface area contributed by atoms with Crippen molar-refractivity contribution in [1.82, 2.24) is 10.3 Å². The van der Waals surface area contributed by atoms with Crippen LogP contribution in [-0.4, -0.2) is 22.2 Å². The molecule has 3 nitrogen and oxygen atoms in total. The van der Waals surface area contributed by atoms with Crippen molar-refractivity contribution in [2.75, 3.05) is 6.54 Å². The molecule has 16 heavy (non-hydrogen) atoms. The Balaban J connectivity index is 2.41. The third kappa shape index (κ3) is 4.20. The Morgan fingerprint density at radius 2 is 2.06 bits per heavy atom. The van der Waals surface area contributed by atoms with E-state index in [1.807, 2.05) is 32.0 Å². The summed E-state index contributed by atoms with van der Waals surface area (Å²) in [7, 11) is 0. The molecule has 0 aliphatic heterocycles. The van der Waals surface area contributed by atoms with E-state index >= 15 is 0 Å². The predicted octanol–water partition coefficient (Wildman–Crippen LogP) is 2.48. The van der Waals surface area contributed by atoms with Gasteiger partial charge in [-0.2, -0.15) is 0 Å². The van der Waals surface area contributed by atoms with Crippen LogP contribution in [0.15, 0.2) is 22.8 Å². The van der Waals surface area contributed by atoms with Gasteiger partial charge in [0.15, 0.2) is 0 Å². The summed E-state index contributed by atoms with van der Waals surface area (Å²) in [6, 6.07) is 5.83. The molecular formula is C12H19BrN2O. The Morgan fingerprint density at radius 1 is 1.38 bits per heavy atom. The minimum atomic E-state index is -0.591. The first-order valence-corrected chi connectivity index (χ1v) is 6.43. The smallest absolute Gasteiger partial charge is 0.106 e. The van der Waals surface area contributed by atoms with Crippen molar-refractivity contribution in [2.24, 2.45) is 0 Å². The van der Waals surface area contributed by atoms with Gasteiger partial charge in [-0.15, -0.1) is 0 Å². The normalized spacial score (nSPS) is 11.8. The molecule has 0 aromatic carbocycles. The summed E-state index contributed by atoms with van der Waals surface area (Å²) in [4.78, 5) is 4.32. The lowest BCUT2D eigenvalue weighted by atomic mass is 9.98. The van der Waals surface area contributed by atoms with E-state index in [-0.39, 0.29) is 0 Å². The molecule has 0 aliphatic carbocycles. The molecule has 0 aliphatic rings. The number of aromatic nitrogens is 1. The van der Waals surface area contributed by atoms with E-state index in [1.165, 1.54) is 0 Å². The summed E-state index contributed by atoms with van der Waals surface area (Å²) in [5, 5.41) is 13.3. The van der Waals surface area contributed by atoms with Crippen molar-refractivity contribution < 1.29 is 5.11 Å². The number of hydrogen-bond acceptors (Lipinski definition) is 3. The number of aliphatic hydroxyl groups is 1. The molecule has 0 saturated heterocycles. The first-order chi connectivity index (χ1) is 7.59. The van der Waals surface area contributed by atoms with Crippen molar-refractivity contribution in [1.29, 1.82) is 0 Å². The lowest BCUT2D eigenvalue weighted by Gasteiger charge is -2.25. The Hall–Kier alpha value is -0.450. The standard InChI is InChI=1S/C12H19BrN2O/c1-3-12(16,4-2)9-14-8-10-6-5-7-11(13)15-10/h5-7,14,16H,3-4,8-9H2,1-2H3. The van der Waals surface area contributed by atoms with E-state index in [0.29, 0.717) is 13.1 Å². The third-order valence-electron chi connectivity index (χ3n) is 2.85. The molecule has 0 amide bonds. The van der Waals surface area contributed by atoms with E-state index in [1.54, 1.807) is 0 Å². The molecule has 1 rings (SSSR count). The molecule has 0 saturated carbocycles. The van der Waals surface area contributed by atoms with Gasteiger partial charge in [-0.3, -0.25) is 0 Å². The second-order valence-electron chi connectivity index (χ2n) is 3.99. The van der Waals surface area contributed by atoms with Crippen LogP contribution < -0.4 is 5.32 Å². The van der Waals surface area contributed by atoms with Crippen molar-refractivity contribution in [3.05, 3.63) is 28.5 Å². The summed E-state index contributed by atoms with van der Waals surface area (Å²) in [5.74, 6) is 0. The van der Waals surface area contributed by atoms with Gasteiger partial charge in [0.1, 0.15) is 4.60 Å². The number of halogens is 1. The van der Waals surface area contributed by atoms with Gasteiger partial charge in [0.05, 0.1) is 11.3 Å². The van der Waals surface area contributed by atoms with E-state index in [0.717, 1.165) is 23.1 Å². The van der Waals surface area contributed by atoms with Crippen LogP contribution in [-0.2, 0) is 6.54 Å². The molecule has 0 radical (unpaired) electrons. The molecule has 90 valence electrons. The van der Waals surface area contributed by atoms with Crippen LogP contribution in [0.4, 0.5) is 0 Å². The van der Waals surface area contributed by atoms with Gasteiger partial charge in [0.25, 0.3) is 0 Å². The molecule has 2 N–H and O–H groups in total. The van der Waals surface area contributed by atoms with Gasteiger partial charge in [-0.25, -0.2) is 4.98 Å². The van der Waals surface area contributed by atoms with Gasteiger partial charge in [-0.05, 0) is 40.9 Å². The fourth-order valence-electron chi connectivity index (χ4n) is 1.47. The Kier molecular flexibility index (Phi) is 5.38. The molecule has 4 heteroatoms. The number of nitrogens with one attached hydrogen (secondary N) is 1. The van der Waals surface area contributed by atoms with Crippen LogP contribution in [0.5, 0.6) is 0 Å². The highest BCUT2D eigenvalue weighted by atomic mass is 79.9.